The van der Waals surface area contributed by atoms with Crippen molar-refractivity contribution < 1.29 is 19.1 Å². The molecule has 0 N–H and O–H groups in total. The summed E-state index contributed by atoms with van der Waals surface area (Å²) in [6.45, 7) is 7.64. The third kappa shape index (κ3) is 6.29. The van der Waals surface area contributed by atoms with Gasteiger partial charge < -0.3 is 9.47 Å². The molecule has 0 radical (unpaired) electrons. The van der Waals surface area contributed by atoms with Crippen LogP contribution in [0.3, 0.4) is 0 Å². The van der Waals surface area contributed by atoms with Gasteiger partial charge in [0.05, 0.1) is 12.5 Å². The smallest absolute Gasteiger partial charge is 0.347 e. The van der Waals surface area contributed by atoms with E-state index in [4.69, 9.17) is 9.47 Å². The van der Waals surface area contributed by atoms with E-state index in [1.807, 2.05) is 13.8 Å². The van der Waals surface area contributed by atoms with E-state index in [2.05, 4.69) is 0 Å². The Bertz CT molecular complexity index is 232. The number of rotatable bonds is 8. The summed E-state index contributed by atoms with van der Waals surface area (Å²) >= 11 is 0. The molecule has 1 atom stereocenters. The second-order valence-electron chi connectivity index (χ2n) is 4.11. The van der Waals surface area contributed by atoms with Crippen LogP contribution in [0.5, 0.6) is 0 Å². The van der Waals surface area contributed by atoms with Gasteiger partial charge in [0, 0.05) is 0 Å². The van der Waals surface area contributed by atoms with Crippen molar-refractivity contribution in [3.63, 3.8) is 0 Å². The normalized spacial score (nSPS) is 12.3. The minimum atomic E-state index is -0.807. The zero-order chi connectivity index (χ0) is 13.3. The summed E-state index contributed by atoms with van der Waals surface area (Å²) in [7, 11) is 0. The first kappa shape index (κ1) is 15.9. The van der Waals surface area contributed by atoms with Gasteiger partial charge in [0.25, 0.3) is 0 Å². The Morgan fingerprint density at radius 2 is 1.53 bits per heavy atom. The number of hydrogen-bond acceptors (Lipinski definition) is 4. The minimum absolute atomic E-state index is 0.0955. The third-order valence-corrected chi connectivity index (χ3v) is 2.52. The summed E-state index contributed by atoms with van der Waals surface area (Å²) < 4.78 is 9.91. The second-order valence-corrected chi connectivity index (χ2v) is 4.11. The Hall–Kier alpha value is -1.06. The predicted molar refractivity (Wildman–Crippen MR) is 65.5 cm³/mol. The van der Waals surface area contributed by atoms with Crippen LogP contribution in [0.2, 0.25) is 0 Å². The van der Waals surface area contributed by atoms with E-state index in [0.717, 1.165) is 25.7 Å². The van der Waals surface area contributed by atoms with Crippen molar-refractivity contribution in [2.75, 3.05) is 6.61 Å². The molecule has 0 saturated carbocycles. The van der Waals surface area contributed by atoms with E-state index in [1.54, 1.807) is 13.8 Å². The van der Waals surface area contributed by atoms with E-state index in [-0.39, 0.29) is 11.9 Å². The lowest BCUT2D eigenvalue weighted by Crippen LogP contribution is -2.29. The molecule has 0 fully saturated rings. The largest absolute Gasteiger partial charge is 0.463 e. The lowest BCUT2D eigenvalue weighted by Gasteiger charge is -2.17. The van der Waals surface area contributed by atoms with Crippen LogP contribution in [0, 0.1) is 5.92 Å². The highest BCUT2D eigenvalue weighted by Crippen LogP contribution is 2.16. The van der Waals surface area contributed by atoms with Gasteiger partial charge in [0.2, 0.25) is 0 Å². The number of esters is 2. The fraction of sp³-hybridized carbons (Fsp3) is 0.846. The van der Waals surface area contributed by atoms with E-state index >= 15 is 0 Å². The van der Waals surface area contributed by atoms with Crippen LogP contribution < -0.4 is 0 Å². The van der Waals surface area contributed by atoms with Gasteiger partial charge in [-0.3, -0.25) is 4.79 Å². The first-order chi connectivity index (χ1) is 8.06. The molecule has 0 saturated heterocycles. The van der Waals surface area contributed by atoms with Crippen molar-refractivity contribution in [3.05, 3.63) is 0 Å². The maximum absolute atomic E-state index is 11.8. The van der Waals surface area contributed by atoms with Gasteiger partial charge in [-0.1, -0.05) is 26.7 Å². The highest BCUT2D eigenvalue weighted by atomic mass is 16.6. The van der Waals surface area contributed by atoms with Gasteiger partial charge >= 0.3 is 11.9 Å². The van der Waals surface area contributed by atoms with Crippen LogP contribution in [0.15, 0.2) is 0 Å². The summed E-state index contributed by atoms with van der Waals surface area (Å²) in [6, 6.07) is 0. The number of carbonyl (C=O) groups excluding carboxylic acids is 2. The SMILES string of the molecule is CCCC(CCC)C(=O)O[C@@H](C)C(=O)OCC. The fourth-order valence-electron chi connectivity index (χ4n) is 1.66. The monoisotopic (exact) mass is 244 g/mol. The molecule has 17 heavy (non-hydrogen) atoms. The molecule has 0 unspecified atom stereocenters. The molecule has 100 valence electrons. The summed E-state index contributed by atoms with van der Waals surface area (Å²) in [6.07, 6.45) is 2.68. The zero-order valence-corrected chi connectivity index (χ0v) is 11.3. The highest BCUT2D eigenvalue weighted by Gasteiger charge is 2.24. The molecule has 0 amide bonds. The molecule has 0 aliphatic rings. The van der Waals surface area contributed by atoms with Gasteiger partial charge in [-0.25, -0.2) is 4.79 Å². The number of hydrogen-bond donors (Lipinski definition) is 0. The maximum Gasteiger partial charge on any atom is 0.347 e. The Labute approximate surface area is 104 Å². The van der Waals surface area contributed by atoms with E-state index < -0.39 is 12.1 Å². The number of carbonyl (C=O) groups is 2. The third-order valence-electron chi connectivity index (χ3n) is 2.52. The minimum Gasteiger partial charge on any atom is -0.463 e. The molecule has 0 spiro atoms. The average molecular weight is 244 g/mol. The van der Waals surface area contributed by atoms with Crippen LogP contribution in [0.4, 0.5) is 0 Å². The molecule has 0 aromatic rings. The molecule has 4 heteroatoms. The van der Waals surface area contributed by atoms with E-state index in [0.29, 0.717) is 6.61 Å². The molecule has 0 aromatic carbocycles. The van der Waals surface area contributed by atoms with Gasteiger partial charge in [0.1, 0.15) is 0 Å². The Morgan fingerprint density at radius 3 is 1.94 bits per heavy atom. The molecular weight excluding hydrogens is 220 g/mol. The summed E-state index contributed by atoms with van der Waals surface area (Å²) in [4.78, 5) is 23.1. The first-order valence-electron chi connectivity index (χ1n) is 6.43. The van der Waals surface area contributed by atoms with Crippen molar-refractivity contribution in [1.29, 1.82) is 0 Å². The Morgan fingerprint density at radius 1 is 1.00 bits per heavy atom. The first-order valence-corrected chi connectivity index (χ1v) is 6.43. The lowest BCUT2D eigenvalue weighted by molar-refractivity contribution is -0.169. The summed E-state index contributed by atoms with van der Waals surface area (Å²) in [5.74, 6) is -0.858. The van der Waals surface area contributed by atoms with Gasteiger partial charge in [-0.2, -0.15) is 0 Å². The van der Waals surface area contributed by atoms with Crippen LogP contribution >= 0.6 is 0 Å². The molecule has 4 nitrogen and oxygen atoms in total. The lowest BCUT2D eigenvalue weighted by atomic mass is 9.98. The predicted octanol–water partition coefficient (Wildman–Crippen LogP) is 2.70. The number of ether oxygens (including phenoxy) is 2. The maximum atomic E-state index is 11.8. The van der Waals surface area contributed by atoms with Crippen LogP contribution in [0.1, 0.15) is 53.4 Å². The van der Waals surface area contributed by atoms with Gasteiger partial charge in [-0.15, -0.1) is 0 Å². The van der Waals surface area contributed by atoms with Crippen LogP contribution in [-0.2, 0) is 19.1 Å². The van der Waals surface area contributed by atoms with Crippen LogP contribution in [-0.4, -0.2) is 24.6 Å². The van der Waals surface area contributed by atoms with E-state index in [1.165, 1.54) is 0 Å². The average Bonchev–Trinajstić information content (AvgIpc) is 2.28. The van der Waals surface area contributed by atoms with Crippen molar-refractivity contribution in [2.24, 2.45) is 5.92 Å². The van der Waals surface area contributed by atoms with Crippen LogP contribution in [0.25, 0.3) is 0 Å². The standard InChI is InChI=1S/C13H24O4/c1-5-8-11(9-6-2)13(15)17-10(4)12(14)16-7-3/h10-11H,5-9H2,1-4H3/t10-/m0/s1. The fourth-order valence-corrected chi connectivity index (χ4v) is 1.66. The molecule has 0 aromatic heterocycles. The summed E-state index contributed by atoms with van der Waals surface area (Å²) in [5.41, 5.74) is 0. The molecule has 0 bridgehead atoms. The molecule has 0 aliphatic heterocycles. The Kier molecular flexibility index (Phi) is 8.46. The molecule has 0 aliphatic carbocycles. The summed E-state index contributed by atoms with van der Waals surface area (Å²) in [5, 5.41) is 0. The molecule has 0 heterocycles. The quantitative estimate of drug-likeness (QED) is 0.616. The van der Waals surface area contributed by atoms with Crippen molar-refractivity contribution in [1.82, 2.24) is 0 Å². The zero-order valence-electron chi connectivity index (χ0n) is 11.3. The highest BCUT2D eigenvalue weighted by molar-refractivity contribution is 5.80. The molecular formula is C13H24O4. The van der Waals surface area contributed by atoms with Gasteiger partial charge in [-0.05, 0) is 26.7 Å². The van der Waals surface area contributed by atoms with Crippen molar-refractivity contribution in [3.8, 4) is 0 Å². The van der Waals surface area contributed by atoms with Gasteiger partial charge in [0.15, 0.2) is 6.10 Å². The molecule has 0 rings (SSSR count). The van der Waals surface area contributed by atoms with E-state index in [9.17, 15) is 9.59 Å². The van der Waals surface area contributed by atoms with Crippen molar-refractivity contribution >= 4 is 11.9 Å². The topological polar surface area (TPSA) is 52.6 Å². The Balaban J connectivity index is 4.23. The second kappa shape index (κ2) is 9.02. The van der Waals surface area contributed by atoms with Crippen molar-refractivity contribution in [2.45, 2.75) is 59.5 Å².